The quantitative estimate of drug-likeness (QED) is 0.628. The molecule has 0 saturated carbocycles. The van der Waals surface area contributed by atoms with Crippen molar-refractivity contribution in [3.63, 3.8) is 0 Å². The third-order valence-corrected chi connectivity index (χ3v) is 1.68. The molecule has 1 rings (SSSR count). The summed E-state index contributed by atoms with van der Waals surface area (Å²) < 4.78 is 10.4. The van der Waals surface area contributed by atoms with Gasteiger partial charge >= 0.3 is 5.97 Å². The second-order valence-electron chi connectivity index (χ2n) is 3.63. The zero-order valence-corrected chi connectivity index (χ0v) is 9.56. The fourth-order valence-electron chi connectivity index (χ4n) is 1.23. The molecule has 4 heteroatoms. The van der Waals surface area contributed by atoms with E-state index in [1.807, 2.05) is 13.8 Å². The minimum absolute atomic E-state index is 0.0131. The van der Waals surface area contributed by atoms with Crippen LogP contribution in [0, 0.1) is 6.61 Å². The molecule has 4 nitrogen and oxygen atoms in total. The van der Waals surface area contributed by atoms with Crippen molar-refractivity contribution in [3.8, 4) is 11.5 Å². The largest absolute Gasteiger partial charge is 0.491 e. The van der Waals surface area contributed by atoms with E-state index in [2.05, 4.69) is 0 Å². The number of hydrogen-bond donors (Lipinski definition) is 1. The van der Waals surface area contributed by atoms with Gasteiger partial charge in [-0.05, 0) is 31.5 Å². The molecule has 0 fully saturated rings. The second kappa shape index (κ2) is 5.51. The van der Waals surface area contributed by atoms with Gasteiger partial charge in [-0.3, -0.25) is 4.79 Å². The molecule has 1 aromatic rings. The van der Waals surface area contributed by atoms with Gasteiger partial charge in [-0.1, -0.05) is 0 Å². The summed E-state index contributed by atoms with van der Waals surface area (Å²) in [5.41, 5.74) is 0.523. The molecule has 0 aliphatic heterocycles. The summed E-state index contributed by atoms with van der Waals surface area (Å²) in [5.74, 6) is 0.491. The second-order valence-corrected chi connectivity index (χ2v) is 3.63. The molecule has 0 heterocycles. The van der Waals surface area contributed by atoms with Crippen molar-refractivity contribution in [1.29, 1.82) is 0 Å². The van der Waals surface area contributed by atoms with Crippen molar-refractivity contribution >= 4 is 5.97 Å². The lowest BCUT2D eigenvalue weighted by Crippen LogP contribution is -2.07. The van der Waals surface area contributed by atoms with Gasteiger partial charge in [-0.2, -0.15) is 0 Å². The highest BCUT2D eigenvalue weighted by molar-refractivity contribution is 5.69. The van der Waals surface area contributed by atoms with Crippen molar-refractivity contribution in [2.45, 2.75) is 26.9 Å². The number of aliphatic hydroxyl groups is 1. The maximum Gasteiger partial charge on any atom is 0.308 e. The van der Waals surface area contributed by atoms with Crippen LogP contribution in [0.15, 0.2) is 18.2 Å². The minimum atomic E-state index is -0.411. The Morgan fingerprint density at radius 2 is 1.94 bits per heavy atom. The molecular weight excluding hydrogens is 208 g/mol. The number of benzene rings is 1. The van der Waals surface area contributed by atoms with Crippen molar-refractivity contribution in [1.82, 2.24) is 0 Å². The zero-order chi connectivity index (χ0) is 12.1. The average molecular weight is 223 g/mol. The molecule has 0 saturated heterocycles. The predicted octanol–water partition coefficient (Wildman–Crippen LogP) is 2.28. The Hall–Kier alpha value is -1.55. The normalized spacial score (nSPS) is 10.3. The Morgan fingerprint density at radius 3 is 2.44 bits per heavy atom. The van der Waals surface area contributed by atoms with E-state index in [-0.39, 0.29) is 6.10 Å². The zero-order valence-electron chi connectivity index (χ0n) is 9.56. The number of ether oxygens (including phenoxy) is 2. The van der Waals surface area contributed by atoms with E-state index in [4.69, 9.17) is 14.6 Å². The smallest absolute Gasteiger partial charge is 0.308 e. The molecule has 0 aliphatic rings. The van der Waals surface area contributed by atoms with Crippen molar-refractivity contribution < 1.29 is 19.4 Å². The van der Waals surface area contributed by atoms with Gasteiger partial charge in [0.25, 0.3) is 0 Å². The Balaban J connectivity index is 2.95. The van der Waals surface area contributed by atoms with E-state index in [1.165, 1.54) is 6.92 Å². The van der Waals surface area contributed by atoms with Crippen LogP contribution in [0.25, 0.3) is 0 Å². The number of carbonyl (C=O) groups is 1. The lowest BCUT2D eigenvalue weighted by molar-refractivity contribution is -0.131. The topological polar surface area (TPSA) is 55.8 Å². The number of esters is 1. The molecule has 16 heavy (non-hydrogen) atoms. The van der Waals surface area contributed by atoms with E-state index in [0.29, 0.717) is 17.1 Å². The minimum Gasteiger partial charge on any atom is -0.491 e. The average Bonchev–Trinajstić information content (AvgIpc) is 2.14. The summed E-state index contributed by atoms with van der Waals surface area (Å²) in [5, 5.41) is 8.93. The van der Waals surface area contributed by atoms with Gasteiger partial charge in [0.05, 0.1) is 6.10 Å². The summed E-state index contributed by atoms with van der Waals surface area (Å²) in [6, 6.07) is 4.82. The molecule has 0 aromatic heterocycles. The summed E-state index contributed by atoms with van der Waals surface area (Å²) in [6.45, 7) is 6.03. The highest BCUT2D eigenvalue weighted by atomic mass is 16.5. The van der Waals surface area contributed by atoms with E-state index in [9.17, 15) is 4.79 Å². The third-order valence-electron chi connectivity index (χ3n) is 1.68. The number of aliphatic hydroxyl groups excluding tert-OH is 1. The first kappa shape index (κ1) is 12.5. The van der Waals surface area contributed by atoms with E-state index >= 15 is 0 Å². The molecular formula is C12H15O4. The number of rotatable bonds is 4. The third kappa shape index (κ3) is 3.90. The van der Waals surface area contributed by atoms with Gasteiger partial charge in [0.2, 0.25) is 0 Å². The van der Waals surface area contributed by atoms with Gasteiger partial charge in [0.15, 0.2) is 0 Å². The lowest BCUT2D eigenvalue weighted by Gasteiger charge is -2.12. The van der Waals surface area contributed by atoms with Crippen LogP contribution in [-0.2, 0) is 4.79 Å². The van der Waals surface area contributed by atoms with Crippen LogP contribution in [0.5, 0.6) is 11.5 Å². The monoisotopic (exact) mass is 223 g/mol. The van der Waals surface area contributed by atoms with Crippen LogP contribution >= 0.6 is 0 Å². The number of hydrogen-bond acceptors (Lipinski definition) is 4. The standard InChI is InChI=1S/C12H15O4/c1-8(2)15-11-4-10(7-13)5-12(6-11)16-9(3)14/h4-8,13H,1-3H3. The molecule has 1 N–H and O–H groups in total. The van der Waals surface area contributed by atoms with Crippen LogP contribution in [0.1, 0.15) is 26.3 Å². The van der Waals surface area contributed by atoms with Gasteiger partial charge in [0.1, 0.15) is 18.1 Å². The maximum absolute atomic E-state index is 10.8. The van der Waals surface area contributed by atoms with Crippen molar-refractivity contribution in [2.24, 2.45) is 0 Å². The summed E-state index contributed by atoms with van der Waals surface area (Å²) >= 11 is 0. The maximum atomic E-state index is 10.8. The van der Waals surface area contributed by atoms with Crippen molar-refractivity contribution in [3.05, 3.63) is 30.4 Å². The van der Waals surface area contributed by atoms with Crippen LogP contribution < -0.4 is 9.47 Å². The lowest BCUT2D eigenvalue weighted by atomic mass is 10.2. The predicted molar refractivity (Wildman–Crippen MR) is 58.9 cm³/mol. The van der Waals surface area contributed by atoms with E-state index < -0.39 is 5.97 Å². The highest BCUT2D eigenvalue weighted by Gasteiger charge is 2.06. The first-order chi connectivity index (χ1) is 7.51. The fourth-order valence-corrected chi connectivity index (χ4v) is 1.23. The molecule has 0 atom stereocenters. The summed E-state index contributed by atoms with van der Waals surface area (Å²) in [4.78, 5) is 10.8. The van der Waals surface area contributed by atoms with Gasteiger partial charge in [-0.15, -0.1) is 0 Å². The van der Waals surface area contributed by atoms with E-state index in [0.717, 1.165) is 6.61 Å². The molecule has 1 radical (unpaired) electrons. The Kier molecular flexibility index (Phi) is 4.31. The Labute approximate surface area is 94.8 Å². The number of carbonyl (C=O) groups excluding carboxylic acids is 1. The van der Waals surface area contributed by atoms with Crippen LogP contribution in [0.4, 0.5) is 0 Å². The van der Waals surface area contributed by atoms with Gasteiger partial charge in [0, 0.05) is 13.0 Å². The fraction of sp³-hybridized carbons (Fsp3) is 0.333. The molecule has 87 valence electrons. The highest BCUT2D eigenvalue weighted by Crippen LogP contribution is 2.24. The summed E-state index contributed by atoms with van der Waals surface area (Å²) in [6.07, 6.45) is 0.0131. The van der Waals surface area contributed by atoms with Gasteiger partial charge < -0.3 is 14.6 Å². The molecule has 0 aliphatic carbocycles. The van der Waals surface area contributed by atoms with Crippen LogP contribution in [0.3, 0.4) is 0 Å². The van der Waals surface area contributed by atoms with Crippen LogP contribution in [-0.4, -0.2) is 17.2 Å². The SMILES string of the molecule is CC(=O)Oc1cc([CH]O)cc(OC(C)C)c1. The molecule has 0 bridgehead atoms. The van der Waals surface area contributed by atoms with E-state index in [1.54, 1.807) is 18.2 Å². The van der Waals surface area contributed by atoms with Gasteiger partial charge in [-0.25, -0.2) is 0 Å². The first-order valence-electron chi connectivity index (χ1n) is 4.99. The molecule has 1 aromatic carbocycles. The van der Waals surface area contributed by atoms with Crippen LogP contribution in [0.2, 0.25) is 0 Å². The summed E-state index contributed by atoms with van der Waals surface area (Å²) in [7, 11) is 0. The first-order valence-corrected chi connectivity index (χ1v) is 4.99. The molecule has 0 spiro atoms. The Bertz CT molecular complexity index is 371. The molecule has 0 unspecified atom stereocenters. The Morgan fingerprint density at radius 1 is 1.31 bits per heavy atom. The van der Waals surface area contributed by atoms with Crippen molar-refractivity contribution in [2.75, 3.05) is 0 Å². The molecule has 0 amide bonds.